The first-order valence-electron chi connectivity index (χ1n) is 7.70. The molecule has 114 valence electrons. The third-order valence-corrected chi connectivity index (χ3v) is 3.86. The van der Waals surface area contributed by atoms with E-state index in [-0.39, 0.29) is 0 Å². The van der Waals surface area contributed by atoms with Crippen molar-refractivity contribution >= 4 is 6.29 Å². The van der Waals surface area contributed by atoms with Crippen molar-refractivity contribution in [2.24, 2.45) is 0 Å². The largest absolute Gasteiger partial charge is 0.316 e. The van der Waals surface area contributed by atoms with Crippen LogP contribution in [0.15, 0.2) is 72.8 Å². The summed E-state index contributed by atoms with van der Waals surface area (Å²) in [7, 11) is 1.95. The van der Waals surface area contributed by atoms with Gasteiger partial charge < -0.3 is 5.32 Å². The number of carbonyl (C=O) groups is 1. The highest BCUT2D eigenvalue weighted by Crippen LogP contribution is 2.28. The maximum absolute atomic E-state index is 10.8. The molecule has 0 radical (unpaired) electrons. The SMILES string of the molecule is CNCc1cc(-c2ccccc2)cc(-c2ccc(C=O)cc2)c1. The number of carbonyl (C=O) groups excluding carboxylic acids is 1. The number of hydrogen-bond acceptors (Lipinski definition) is 2. The number of benzene rings is 3. The molecule has 0 saturated carbocycles. The second-order valence-corrected chi connectivity index (χ2v) is 5.55. The summed E-state index contributed by atoms with van der Waals surface area (Å²) in [4.78, 5) is 10.8. The lowest BCUT2D eigenvalue weighted by Gasteiger charge is -2.11. The molecule has 0 aromatic heterocycles. The van der Waals surface area contributed by atoms with Crippen molar-refractivity contribution in [1.82, 2.24) is 5.32 Å². The summed E-state index contributed by atoms with van der Waals surface area (Å²) >= 11 is 0. The summed E-state index contributed by atoms with van der Waals surface area (Å²) in [5.74, 6) is 0. The van der Waals surface area contributed by atoms with Crippen LogP contribution in [0.2, 0.25) is 0 Å². The van der Waals surface area contributed by atoms with E-state index < -0.39 is 0 Å². The molecule has 0 heterocycles. The molecule has 0 atom stereocenters. The molecule has 2 nitrogen and oxygen atoms in total. The fourth-order valence-electron chi connectivity index (χ4n) is 2.72. The van der Waals surface area contributed by atoms with Crippen LogP contribution in [0.4, 0.5) is 0 Å². The molecular weight excluding hydrogens is 282 g/mol. The Morgan fingerprint density at radius 1 is 0.783 bits per heavy atom. The van der Waals surface area contributed by atoms with Crippen LogP contribution in [0, 0.1) is 0 Å². The van der Waals surface area contributed by atoms with Crippen LogP contribution in [0.25, 0.3) is 22.3 Å². The lowest BCUT2D eigenvalue weighted by atomic mass is 9.95. The highest BCUT2D eigenvalue weighted by molar-refractivity contribution is 5.78. The summed E-state index contributed by atoms with van der Waals surface area (Å²) in [6.45, 7) is 0.820. The van der Waals surface area contributed by atoms with Crippen LogP contribution in [0.1, 0.15) is 15.9 Å². The molecule has 0 spiro atoms. The minimum atomic E-state index is 0.698. The molecule has 2 heteroatoms. The third kappa shape index (κ3) is 3.55. The first kappa shape index (κ1) is 15.2. The number of hydrogen-bond donors (Lipinski definition) is 1. The average Bonchev–Trinajstić information content (AvgIpc) is 2.62. The van der Waals surface area contributed by atoms with Gasteiger partial charge in [-0.25, -0.2) is 0 Å². The smallest absolute Gasteiger partial charge is 0.150 e. The molecule has 0 aliphatic rings. The van der Waals surface area contributed by atoms with Crippen LogP contribution in [-0.4, -0.2) is 13.3 Å². The minimum absolute atomic E-state index is 0.698. The second-order valence-electron chi connectivity index (χ2n) is 5.55. The van der Waals surface area contributed by atoms with Crippen molar-refractivity contribution in [3.8, 4) is 22.3 Å². The molecule has 0 saturated heterocycles. The van der Waals surface area contributed by atoms with Crippen LogP contribution in [0.3, 0.4) is 0 Å². The van der Waals surface area contributed by atoms with Crippen molar-refractivity contribution in [2.45, 2.75) is 6.54 Å². The van der Waals surface area contributed by atoms with E-state index in [0.717, 1.165) is 24.0 Å². The normalized spacial score (nSPS) is 10.5. The van der Waals surface area contributed by atoms with Gasteiger partial charge in [0.2, 0.25) is 0 Å². The van der Waals surface area contributed by atoms with Gasteiger partial charge in [0.1, 0.15) is 6.29 Å². The molecule has 0 amide bonds. The Bertz CT molecular complexity index is 792. The molecule has 0 unspecified atom stereocenters. The molecule has 23 heavy (non-hydrogen) atoms. The predicted molar refractivity (Wildman–Crippen MR) is 95.5 cm³/mol. The maximum Gasteiger partial charge on any atom is 0.150 e. The van der Waals surface area contributed by atoms with E-state index in [4.69, 9.17) is 0 Å². The molecule has 0 bridgehead atoms. The van der Waals surface area contributed by atoms with E-state index in [9.17, 15) is 4.79 Å². The monoisotopic (exact) mass is 301 g/mol. The quantitative estimate of drug-likeness (QED) is 0.700. The Balaban J connectivity index is 2.08. The zero-order valence-electron chi connectivity index (χ0n) is 13.1. The van der Waals surface area contributed by atoms with E-state index in [1.54, 1.807) is 0 Å². The van der Waals surface area contributed by atoms with Crippen molar-refractivity contribution in [3.05, 3.63) is 83.9 Å². The maximum atomic E-state index is 10.8. The first-order valence-corrected chi connectivity index (χ1v) is 7.70. The van der Waals surface area contributed by atoms with Crippen molar-refractivity contribution in [2.75, 3.05) is 7.05 Å². The van der Waals surface area contributed by atoms with Crippen molar-refractivity contribution in [1.29, 1.82) is 0 Å². The minimum Gasteiger partial charge on any atom is -0.316 e. The number of nitrogens with one attached hydrogen (secondary N) is 1. The van der Waals surface area contributed by atoms with Crippen LogP contribution < -0.4 is 5.32 Å². The second kappa shape index (κ2) is 7.03. The van der Waals surface area contributed by atoms with Gasteiger partial charge in [-0.05, 0) is 53.1 Å². The molecular formula is C21H19NO. The Hall–Kier alpha value is -2.71. The van der Waals surface area contributed by atoms with Gasteiger partial charge in [0.15, 0.2) is 0 Å². The van der Waals surface area contributed by atoms with E-state index in [0.29, 0.717) is 5.56 Å². The Labute approximate surface area is 136 Å². The van der Waals surface area contributed by atoms with Crippen LogP contribution in [-0.2, 0) is 6.54 Å². The van der Waals surface area contributed by atoms with Crippen molar-refractivity contribution in [3.63, 3.8) is 0 Å². The zero-order chi connectivity index (χ0) is 16.1. The van der Waals surface area contributed by atoms with E-state index in [1.165, 1.54) is 16.7 Å². The Morgan fingerprint density at radius 3 is 1.96 bits per heavy atom. The summed E-state index contributed by atoms with van der Waals surface area (Å²) in [5, 5.41) is 3.21. The van der Waals surface area contributed by atoms with E-state index >= 15 is 0 Å². The molecule has 0 fully saturated rings. The standard InChI is InChI=1S/C21H19NO/c1-22-14-17-11-20(18-5-3-2-4-6-18)13-21(12-17)19-9-7-16(15-23)8-10-19/h2-13,15,22H,14H2,1H3. The van der Waals surface area contributed by atoms with Gasteiger partial charge in [-0.2, -0.15) is 0 Å². The van der Waals surface area contributed by atoms with Crippen molar-refractivity contribution < 1.29 is 4.79 Å². The molecule has 0 aliphatic carbocycles. The molecule has 0 aliphatic heterocycles. The first-order chi connectivity index (χ1) is 11.3. The highest BCUT2D eigenvalue weighted by atomic mass is 16.1. The summed E-state index contributed by atoms with van der Waals surface area (Å²) in [6, 6.07) is 24.7. The fraction of sp³-hybridized carbons (Fsp3) is 0.0952. The molecule has 3 aromatic carbocycles. The molecule has 3 aromatic rings. The summed E-state index contributed by atoms with van der Waals surface area (Å²) in [6.07, 6.45) is 0.872. The molecule has 3 rings (SSSR count). The highest BCUT2D eigenvalue weighted by Gasteiger charge is 2.05. The fourth-order valence-corrected chi connectivity index (χ4v) is 2.72. The average molecular weight is 301 g/mol. The van der Waals surface area contributed by atoms with Crippen LogP contribution >= 0.6 is 0 Å². The zero-order valence-corrected chi connectivity index (χ0v) is 13.1. The lowest BCUT2D eigenvalue weighted by Crippen LogP contribution is -2.05. The van der Waals surface area contributed by atoms with Crippen LogP contribution in [0.5, 0.6) is 0 Å². The van der Waals surface area contributed by atoms with E-state index in [2.05, 4.69) is 47.8 Å². The lowest BCUT2D eigenvalue weighted by molar-refractivity contribution is 0.112. The van der Waals surface area contributed by atoms with Gasteiger partial charge >= 0.3 is 0 Å². The van der Waals surface area contributed by atoms with Gasteiger partial charge in [0.05, 0.1) is 0 Å². The van der Waals surface area contributed by atoms with Gasteiger partial charge in [-0.3, -0.25) is 4.79 Å². The molecule has 1 N–H and O–H groups in total. The Kier molecular flexibility index (Phi) is 4.65. The topological polar surface area (TPSA) is 29.1 Å². The predicted octanol–water partition coefficient (Wildman–Crippen LogP) is 4.55. The summed E-state index contributed by atoms with van der Waals surface area (Å²) < 4.78 is 0. The van der Waals surface area contributed by atoms with Gasteiger partial charge in [-0.1, -0.05) is 54.6 Å². The van der Waals surface area contributed by atoms with Gasteiger partial charge in [-0.15, -0.1) is 0 Å². The number of rotatable bonds is 5. The summed E-state index contributed by atoms with van der Waals surface area (Å²) in [5.41, 5.74) is 6.62. The van der Waals surface area contributed by atoms with Gasteiger partial charge in [0.25, 0.3) is 0 Å². The number of aldehydes is 1. The Morgan fingerprint density at radius 2 is 1.39 bits per heavy atom. The third-order valence-electron chi connectivity index (χ3n) is 3.86. The van der Waals surface area contributed by atoms with E-state index in [1.807, 2.05) is 37.4 Å². The van der Waals surface area contributed by atoms with Gasteiger partial charge in [0, 0.05) is 12.1 Å².